The number of rotatable bonds is 7. The van der Waals surface area contributed by atoms with Crippen molar-refractivity contribution in [2.45, 2.75) is 50.8 Å². The number of nitrogens with one attached hydrogen (secondary N) is 1. The Morgan fingerprint density at radius 2 is 1.84 bits per heavy atom. The number of anilines is 2. The predicted molar refractivity (Wildman–Crippen MR) is 122 cm³/mol. The second-order valence-electron chi connectivity index (χ2n) is 8.85. The Morgan fingerprint density at radius 3 is 2.52 bits per heavy atom. The molecule has 1 aliphatic carbocycles. The summed E-state index contributed by atoms with van der Waals surface area (Å²) in [4.78, 5) is 14.9. The van der Waals surface area contributed by atoms with Crippen LogP contribution in [-0.4, -0.2) is 27.5 Å². The molecule has 166 valence electrons. The lowest BCUT2D eigenvalue weighted by molar-refractivity contribution is -0.122. The number of nitrogens with zero attached hydrogens (tertiary/aromatic N) is 1. The van der Waals surface area contributed by atoms with Crippen molar-refractivity contribution in [3.05, 3.63) is 48.0 Å². The van der Waals surface area contributed by atoms with Crippen LogP contribution in [0.5, 0.6) is 5.75 Å². The molecule has 2 aliphatic rings. The van der Waals surface area contributed by atoms with E-state index in [0.29, 0.717) is 30.5 Å². The van der Waals surface area contributed by atoms with Gasteiger partial charge in [0.25, 0.3) is 10.0 Å². The van der Waals surface area contributed by atoms with Gasteiger partial charge in [-0.15, -0.1) is 0 Å². The van der Waals surface area contributed by atoms with Crippen molar-refractivity contribution in [2.24, 2.45) is 11.8 Å². The fraction of sp³-hybridized carbons (Fsp3) is 0.458. The van der Waals surface area contributed by atoms with Crippen LogP contribution in [0.15, 0.2) is 47.4 Å². The highest BCUT2D eigenvalue weighted by Gasteiger charge is 2.32. The van der Waals surface area contributed by atoms with Crippen molar-refractivity contribution < 1.29 is 17.9 Å². The summed E-state index contributed by atoms with van der Waals surface area (Å²) >= 11 is 0. The number of hydrogen-bond donors (Lipinski definition) is 1. The van der Waals surface area contributed by atoms with Crippen LogP contribution >= 0.6 is 0 Å². The van der Waals surface area contributed by atoms with Gasteiger partial charge in [0.15, 0.2) is 0 Å². The zero-order valence-corrected chi connectivity index (χ0v) is 19.0. The number of ether oxygens (including phenoxy) is 1. The smallest absolute Gasteiger partial charge is 0.261 e. The normalized spacial score (nSPS) is 16.5. The van der Waals surface area contributed by atoms with Crippen LogP contribution in [0, 0.1) is 11.8 Å². The number of carbonyl (C=O) groups excluding carboxylic acids is 1. The number of sulfonamides is 1. The molecule has 2 aromatic carbocycles. The summed E-state index contributed by atoms with van der Waals surface area (Å²) in [6.45, 7) is 5.37. The molecule has 31 heavy (non-hydrogen) atoms. The fourth-order valence-electron chi connectivity index (χ4n) is 4.28. The Hall–Kier alpha value is -2.54. The molecule has 2 aromatic rings. The van der Waals surface area contributed by atoms with Crippen molar-refractivity contribution in [2.75, 3.05) is 22.8 Å². The quantitative estimate of drug-likeness (QED) is 0.680. The maximum atomic E-state index is 12.8. The molecule has 0 aromatic heterocycles. The van der Waals surface area contributed by atoms with Crippen molar-refractivity contribution >= 4 is 27.3 Å². The first kappa shape index (κ1) is 21.7. The highest BCUT2D eigenvalue weighted by molar-refractivity contribution is 7.92. The van der Waals surface area contributed by atoms with Gasteiger partial charge >= 0.3 is 0 Å². The Bertz CT molecular complexity index is 1040. The molecule has 0 saturated heterocycles. The van der Waals surface area contributed by atoms with Gasteiger partial charge < -0.3 is 9.64 Å². The average Bonchev–Trinajstić information content (AvgIpc) is 3.42. The van der Waals surface area contributed by atoms with Gasteiger partial charge in [-0.25, -0.2) is 8.42 Å². The number of fused-ring (bicyclic) bond motifs is 1. The molecule has 1 saturated carbocycles. The van der Waals surface area contributed by atoms with Crippen LogP contribution in [-0.2, 0) is 21.2 Å². The molecule has 1 fully saturated rings. The predicted octanol–water partition coefficient (Wildman–Crippen LogP) is 4.60. The van der Waals surface area contributed by atoms with E-state index in [0.717, 1.165) is 43.4 Å². The van der Waals surface area contributed by atoms with Crippen LogP contribution in [0.1, 0.15) is 45.1 Å². The van der Waals surface area contributed by atoms with E-state index in [1.54, 1.807) is 30.3 Å². The molecule has 0 atom stereocenters. The number of hydrogen-bond acceptors (Lipinski definition) is 4. The van der Waals surface area contributed by atoms with Gasteiger partial charge in [-0.3, -0.25) is 9.52 Å². The van der Waals surface area contributed by atoms with Gasteiger partial charge in [0, 0.05) is 23.8 Å². The zero-order valence-electron chi connectivity index (χ0n) is 18.1. The molecule has 7 heteroatoms. The van der Waals surface area contributed by atoms with E-state index in [4.69, 9.17) is 4.74 Å². The van der Waals surface area contributed by atoms with Crippen LogP contribution in [0.25, 0.3) is 0 Å². The van der Waals surface area contributed by atoms with Crippen LogP contribution < -0.4 is 14.4 Å². The molecule has 1 aliphatic heterocycles. The maximum absolute atomic E-state index is 12.8. The molecular formula is C24H30N2O4S. The molecule has 0 spiro atoms. The second kappa shape index (κ2) is 8.91. The third-order valence-electron chi connectivity index (χ3n) is 5.92. The third kappa shape index (κ3) is 4.87. The third-order valence-corrected chi connectivity index (χ3v) is 7.31. The highest BCUT2D eigenvalue weighted by atomic mass is 32.2. The van der Waals surface area contributed by atoms with E-state index >= 15 is 0 Å². The van der Waals surface area contributed by atoms with Gasteiger partial charge in [-0.05, 0) is 73.2 Å². The van der Waals surface area contributed by atoms with Crippen molar-refractivity contribution in [1.29, 1.82) is 0 Å². The fourth-order valence-corrected chi connectivity index (χ4v) is 5.33. The summed E-state index contributed by atoms with van der Waals surface area (Å²) in [5.41, 5.74) is 2.42. The Morgan fingerprint density at radius 1 is 1.13 bits per heavy atom. The highest BCUT2D eigenvalue weighted by Crippen LogP contribution is 2.35. The molecule has 0 unspecified atom stereocenters. The molecule has 0 radical (unpaired) electrons. The van der Waals surface area contributed by atoms with Gasteiger partial charge in [-0.2, -0.15) is 0 Å². The van der Waals surface area contributed by atoms with Gasteiger partial charge in [0.2, 0.25) is 5.91 Å². The molecule has 6 nitrogen and oxygen atoms in total. The number of carbonyl (C=O) groups is 1. The molecular weight excluding hydrogens is 412 g/mol. The van der Waals surface area contributed by atoms with E-state index in [1.807, 2.05) is 17.0 Å². The monoisotopic (exact) mass is 442 g/mol. The summed E-state index contributed by atoms with van der Waals surface area (Å²) in [7, 11) is -3.71. The summed E-state index contributed by atoms with van der Waals surface area (Å²) in [6, 6.07) is 11.9. The van der Waals surface area contributed by atoms with E-state index in [1.165, 1.54) is 0 Å². The minimum Gasteiger partial charge on any atom is -0.493 e. The summed E-state index contributed by atoms with van der Waals surface area (Å²) < 4.78 is 33.9. The van der Waals surface area contributed by atoms with Crippen molar-refractivity contribution in [1.82, 2.24) is 0 Å². The molecule has 0 bridgehead atoms. The Labute approximate surface area is 184 Å². The van der Waals surface area contributed by atoms with Crippen LogP contribution in [0.3, 0.4) is 0 Å². The molecule has 1 heterocycles. The summed E-state index contributed by atoms with van der Waals surface area (Å²) in [5.74, 6) is 1.40. The summed E-state index contributed by atoms with van der Waals surface area (Å²) in [5, 5.41) is 0. The molecule has 1 N–H and O–H groups in total. The Balaban J connectivity index is 1.45. The van der Waals surface area contributed by atoms with Crippen LogP contribution in [0.2, 0.25) is 0 Å². The lowest BCUT2D eigenvalue weighted by Gasteiger charge is -2.21. The summed E-state index contributed by atoms with van der Waals surface area (Å²) in [6.07, 6.45) is 4.95. The van der Waals surface area contributed by atoms with E-state index in [9.17, 15) is 13.2 Å². The lowest BCUT2D eigenvalue weighted by atomic mass is 10.1. The first-order chi connectivity index (χ1) is 14.8. The Kier molecular flexibility index (Phi) is 6.23. The SMILES string of the molecule is CC(C)COc1ccc(S(=O)(=O)Nc2ccc3c(c2)CCN3C(=O)C2CCCC2)cc1. The van der Waals surface area contributed by atoms with Gasteiger partial charge in [0.1, 0.15) is 5.75 Å². The zero-order chi connectivity index (χ0) is 22.0. The molecule has 1 amide bonds. The standard InChI is InChI=1S/C24H30N2O4S/c1-17(2)16-30-21-8-10-22(11-9-21)31(28,29)25-20-7-12-23-19(15-20)13-14-26(23)24(27)18-5-3-4-6-18/h7-12,15,17-18,25H,3-6,13-14,16H2,1-2H3. The first-order valence-corrected chi connectivity index (χ1v) is 12.5. The maximum Gasteiger partial charge on any atom is 0.261 e. The van der Waals surface area contributed by atoms with E-state index in [2.05, 4.69) is 18.6 Å². The van der Waals surface area contributed by atoms with E-state index in [-0.39, 0.29) is 16.7 Å². The number of benzene rings is 2. The lowest BCUT2D eigenvalue weighted by Crippen LogP contribution is -2.33. The minimum atomic E-state index is -3.71. The second-order valence-corrected chi connectivity index (χ2v) is 10.5. The molecule has 4 rings (SSSR count). The topological polar surface area (TPSA) is 75.7 Å². The first-order valence-electron chi connectivity index (χ1n) is 11.0. The number of amides is 1. The van der Waals surface area contributed by atoms with Gasteiger partial charge in [-0.1, -0.05) is 26.7 Å². The van der Waals surface area contributed by atoms with Crippen molar-refractivity contribution in [3.63, 3.8) is 0 Å². The van der Waals surface area contributed by atoms with Gasteiger partial charge in [0.05, 0.1) is 11.5 Å². The van der Waals surface area contributed by atoms with Crippen LogP contribution in [0.4, 0.5) is 11.4 Å². The average molecular weight is 443 g/mol. The van der Waals surface area contributed by atoms with E-state index < -0.39 is 10.0 Å². The largest absolute Gasteiger partial charge is 0.493 e. The minimum absolute atomic E-state index is 0.136. The van der Waals surface area contributed by atoms with Crippen molar-refractivity contribution in [3.8, 4) is 5.75 Å².